The van der Waals surface area contributed by atoms with Gasteiger partial charge in [0, 0.05) is 17.7 Å². The Morgan fingerprint density at radius 2 is 2.24 bits per heavy atom. The first-order chi connectivity index (χ1) is 8.17. The van der Waals surface area contributed by atoms with E-state index in [1.807, 2.05) is 11.8 Å². The maximum Gasteiger partial charge on any atom is 0.220 e. The van der Waals surface area contributed by atoms with Crippen molar-refractivity contribution in [2.24, 2.45) is 11.7 Å². The van der Waals surface area contributed by atoms with E-state index in [0.29, 0.717) is 23.6 Å². The van der Waals surface area contributed by atoms with Gasteiger partial charge in [-0.15, -0.1) is 0 Å². The van der Waals surface area contributed by atoms with E-state index in [-0.39, 0.29) is 5.91 Å². The van der Waals surface area contributed by atoms with Crippen LogP contribution in [0.1, 0.15) is 45.4 Å². The Morgan fingerprint density at radius 1 is 1.47 bits per heavy atom. The Bertz CT molecular complexity index is 235. The number of carbonyl (C=O) groups is 1. The maximum absolute atomic E-state index is 11.8. The molecule has 3 N–H and O–H groups in total. The Hall–Kier alpha value is -0.220. The monoisotopic (exact) mass is 258 g/mol. The second kappa shape index (κ2) is 7.98. The molecule has 1 saturated carbocycles. The van der Waals surface area contributed by atoms with E-state index in [1.54, 1.807) is 0 Å². The minimum atomic E-state index is 0.222. The Balaban J connectivity index is 2.20. The predicted molar refractivity (Wildman–Crippen MR) is 75.2 cm³/mol. The minimum Gasteiger partial charge on any atom is -0.352 e. The Morgan fingerprint density at radius 3 is 2.88 bits per heavy atom. The summed E-state index contributed by atoms with van der Waals surface area (Å²) in [5.74, 6) is 0.783. The van der Waals surface area contributed by atoms with E-state index in [9.17, 15) is 4.79 Å². The van der Waals surface area contributed by atoms with Crippen molar-refractivity contribution in [1.82, 2.24) is 5.32 Å². The second-order valence-electron chi connectivity index (χ2n) is 5.10. The quantitative estimate of drug-likeness (QED) is 0.735. The van der Waals surface area contributed by atoms with Crippen LogP contribution in [0.3, 0.4) is 0 Å². The van der Waals surface area contributed by atoms with Gasteiger partial charge in [0.25, 0.3) is 0 Å². The van der Waals surface area contributed by atoms with Crippen LogP contribution >= 0.6 is 11.8 Å². The molecule has 1 aliphatic rings. The van der Waals surface area contributed by atoms with Crippen molar-refractivity contribution in [3.8, 4) is 0 Å². The van der Waals surface area contributed by atoms with Gasteiger partial charge in [-0.3, -0.25) is 4.79 Å². The molecule has 0 aliphatic heterocycles. The molecule has 0 bridgehead atoms. The lowest BCUT2D eigenvalue weighted by atomic mass is 10.0. The molecule has 1 rings (SSSR count). The van der Waals surface area contributed by atoms with Crippen LogP contribution in [0.25, 0.3) is 0 Å². The van der Waals surface area contributed by atoms with Gasteiger partial charge in [0.2, 0.25) is 5.91 Å². The third-order valence-corrected chi connectivity index (χ3v) is 4.80. The average Bonchev–Trinajstić information content (AvgIpc) is 2.74. The summed E-state index contributed by atoms with van der Waals surface area (Å²) in [5, 5.41) is 3.81. The third-order valence-electron chi connectivity index (χ3n) is 3.63. The summed E-state index contributed by atoms with van der Waals surface area (Å²) < 4.78 is 0. The molecule has 0 aromatic rings. The molecule has 0 spiro atoms. The fourth-order valence-electron chi connectivity index (χ4n) is 2.46. The van der Waals surface area contributed by atoms with Crippen molar-refractivity contribution in [3.05, 3.63) is 0 Å². The van der Waals surface area contributed by atoms with Crippen molar-refractivity contribution in [2.75, 3.05) is 12.8 Å². The van der Waals surface area contributed by atoms with E-state index >= 15 is 0 Å². The average molecular weight is 258 g/mol. The number of carbonyl (C=O) groups excluding carboxylic acids is 1. The van der Waals surface area contributed by atoms with Crippen molar-refractivity contribution in [1.29, 1.82) is 0 Å². The summed E-state index contributed by atoms with van der Waals surface area (Å²) in [5.41, 5.74) is 5.50. The standard InChI is InChI=1S/C13H26N2OS/c1-10(8-9-14)6-7-13(16)15-11-4-3-5-12(11)17-2/h10-12H,3-9,14H2,1-2H3,(H,15,16). The summed E-state index contributed by atoms with van der Waals surface area (Å²) >= 11 is 1.88. The van der Waals surface area contributed by atoms with Gasteiger partial charge in [0.05, 0.1) is 0 Å². The molecule has 3 nitrogen and oxygen atoms in total. The van der Waals surface area contributed by atoms with Gasteiger partial charge in [-0.05, 0) is 44.4 Å². The molecule has 0 heterocycles. The summed E-state index contributed by atoms with van der Waals surface area (Å²) in [6, 6.07) is 0.405. The van der Waals surface area contributed by atoms with Crippen molar-refractivity contribution >= 4 is 17.7 Å². The zero-order valence-corrected chi connectivity index (χ0v) is 11.9. The molecular weight excluding hydrogens is 232 g/mol. The van der Waals surface area contributed by atoms with Gasteiger partial charge in [-0.2, -0.15) is 11.8 Å². The van der Waals surface area contributed by atoms with Gasteiger partial charge in [-0.25, -0.2) is 0 Å². The van der Waals surface area contributed by atoms with E-state index in [4.69, 9.17) is 5.73 Å². The number of nitrogens with two attached hydrogens (primary N) is 1. The summed E-state index contributed by atoms with van der Waals surface area (Å²) in [7, 11) is 0. The highest BCUT2D eigenvalue weighted by Gasteiger charge is 2.27. The van der Waals surface area contributed by atoms with Crippen LogP contribution < -0.4 is 11.1 Å². The topological polar surface area (TPSA) is 55.1 Å². The van der Waals surface area contributed by atoms with Gasteiger partial charge >= 0.3 is 0 Å². The van der Waals surface area contributed by atoms with E-state index in [0.717, 1.165) is 25.8 Å². The van der Waals surface area contributed by atoms with Crippen molar-refractivity contribution in [3.63, 3.8) is 0 Å². The molecule has 0 saturated heterocycles. The van der Waals surface area contributed by atoms with Gasteiger partial charge in [-0.1, -0.05) is 13.3 Å². The number of amides is 1. The van der Waals surface area contributed by atoms with Crippen LogP contribution in [-0.2, 0) is 4.79 Å². The number of rotatable bonds is 7. The highest BCUT2D eigenvalue weighted by atomic mass is 32.2. The molecule has 0 aromatic heterocycles. The van der Waals surface area contributed by atoms with E-state index in [1.165, 1.54) is 12.8 Å². The summed E-state index contributed by atoms with van der Waals surface area (Å²) in [6.45, 7) is 2.89. The second-order valence-corrected chi connectivity index (χ2v) is 6.18. The first-order valence-corrected chi connectivity index (χ1v) is 7.98. The van der Waals surface area contributed by atoms with E-state index < -0.39 is 0 Å². The van der Waals surface area contributed by atoms with Crippen LogP contribution in [0, 0.1) is 5.92 Å². The molecule has 1 fully saturated rings. The van der Waals surface area contributed by atoms with Crippen LogP contribution in [0.2, 0.25) is 0 Å². The zero-order valence-electron chi connectivity index (χ0n) is 11.1. The van der Waals surface area contributed by atoms with Crippen LogP contribution in [0.4, 0.5) is 0 Å². The smallest absolute Gasteiger partial charge is 0.220 e. The number of nitrogens with one attached hydrogen (secondary N) is 1. The molecule has 100 valence electrons. The summed E-state index contributed by atoms with van der Waals surface area (Å²) in [4.78, 5) is 11.8. The lowest BCUT2D eigenvalue weighted by molar-refractivity contribution is -0.122. The molecule has 1 amide bonds. The van der Waals surface area contributed by atoms with Crippen LogP contribution in [-0.4, -0.2) is 30.0 Å². The van der Waals surface area contributed by atoms with Gasteiger partial charge in [0.1, 0.15) is 0 Å². The highest BCUT2D eigenvalue weighted by molar-refractivity contribution is 7.99. The first kappa shape index (κ1) is 14.8. The van der Waals surface area contributed by atoms with E-state index in [2.05, 4.69) is 18.5 Å². The number of hydrogen-bond donors (Lipinski definition) is 2. The molecule has 17 heavy (non-hydrogen) atoms. The lowest BCUT2D eigenvalue weighted by Gasteiger charge is -2.19. The van der Waals surface area contributed by atoms with Crippen molar-refractivity contribution < 1.29 is 4.79 Å². The molecular formula is C13H26N2OS. The lowest BCUT2D eigenvalue weighted by Crippen LogP contribution is -2.38. The number of hydrogen-bond acceptors (Lipinski definition) is 3. The van der Waals surface area contributed by atoms with Crippen LogP contribution in [0.15, 0.2) is 0 Å². The third kappa shape index (κ3) is 5.30. The SMILES string of the molecule is CSC1CCCC1NC(=O)CCC(C)CCN. The molecule has 3 unspecified atom stereocenters. The maximum atomic E-state index is 11.8. The fraction of sp³-hybridized carbons (Fsp3) is 0.923. The van der Waals surface area contributed by atoms with Crippen LogP contribution in [0.5, 0.6) is 0 Å². The Kier molecular flexibility index (Phi) is 6.97. The predicted octanol–water partition coefficient (Wildman–Crippen LogP) is 2.15. The number of thioether (sulfide) groups is 1. The molecule has 4 heteroatoms. The first-order valence-electron chi connectivity index (χ1n) is 6.69. The molecule has 0 aromatic carbocycles. The largest absolute Gasteiger partial charge is 0.352 e. The van der Waals surface area contributed by atoms with Gasteiger partial charge in [0.15, 0.2) is 0 Å². The normalized spacial score (nSPS) is 25.8. The molecule has 1 aliphatic carbocycles. The minimum absolute atomic E-state index is 0.222. The highest BCUT2D eigenvalue weighted by Crippen LogP contribution is 2.28. The molecule has 3 atom stereocenters. The Labute approximate surface area is 109 Å². The fourth-order valence-corrected chi connectivity index (χ4v) is 3.39. The summed E-state index contributed by atoms with van der Waals surface area (Å²) in [6.07, 6.45) is 8.41. The van der Waals surface area contributed by atoms with Crippen molar-refractivity contribution in [2.45, 2.75) is 56.7 Å². The zero-order chi connectivity index (χ0) is 12.7. The molecule has 0 radical (unpaired) electrons. The van der Waals surface area contributed by atoms with Gasteiger partial charge < -0.3 is 11.1 Å².